The van der Waals surface area contributed by atoms with Gasteiger partial charge in [-0.25, -0.2) is 0 Å². The zero-order valence-corrected chi connectivity index (χ0v) is 9.56. The Morgan fingerprint density at radius 3 is 3.12 bits per heavy atom. The lowest BCUT2D eigenvalue weighted by atomic mass is 10.2. The van der Waals surface area contributed by atoms with Crippen LogP contribution in [-0.2, 0) is 11.3 Å². The Hall–Kier alpha value is -1.43. The second-order valence-corrected chi connectivity index (χ2v) is 3.98. The van der Waals surface area contributed by atoms with Crippen molar-refractivity contribution in [3.8, 4) is 0 Å². The van der Waals surface area contributed by atoms with Crippen molar-refractivity contribution in [3.63, 3.8) is 0 Å². The minimum atomic E-state index is -0.0581. The lowest BCUT2D eigenvalue weighted by Gasteiger charge is -2.20. The van der Waals surface area contributed by atoms with Gasteiger partial charge in [-0.05, 0) is 26.3 Å². The topological polar surface area (TPSA) is 71.3 Å². The number of nitrogens with one attached hydrogen (secondary N) is 1. The molecule has 1 saturated heterocycles. The number of likely N-dealkylation sites (tertiary alicyclic amines) is 1. The van der Waals surface area contributed by atoms with Gasteiger partial charge in [0, 0.05) is 7.05 Å². The number of nitrogens with zero attached hydrogens (tertiary/aromatic N) is 3. The number of likely N-dealkylation sites (N-methyl/N-ethyl adjacent to an activating group) is 1. The molecule has 2 heterocycles. The monoisotopic (exact) mass is 224 g/mol. The first kappa shape index (κ1) is 11.1. The molecule has 0 saturated carbocycles. The maximum absolute atomic E-state index is 11.6. The largest absolute Gasteiger partial charge is 0.358 e. The summed E-state index contributed by atoms with van der Waals surface area (Å²) >= 11 is 0. The van der Waals surface area contributed by atoms with Gasteiger partial charge in [0.25, 0.3) is 0 Å². The van der Waals surface area contributed by atoms with Crippen LogP contribution in [0.3, 0.4) is 0 Å². The second kappa shape index (κ2) is 4.61. The van der Waals surface area contributed by atoms with Gasteiger partial charge < -0.3 is 9.84 Å². The maximum Gasteiger partial charge on any atom is 0.240 e. The average Bonchev–Trinajstić information content (AvgIpc) is 2.87. The van der Waals surface area contributed by atoms with Crippen LogP contribution >= 0.6 is 0 Å². The summed E-state index contributed by atoms with van der Waals surface area (Å²) in [5, 5.41) is 6.42. The van der Waals surface area contributed by atoms with E-state index in [1.165, 1.54) is 0 Å². The van der Waals surface area contributed by atoms with E-state index in [1.807, 2.05) is 0 Å². The van der Waals surface area contributed by atoms with Crippen LogP contribution in [0.25, 0.3) is 0 Å². The lowest BCUT2D eigenvalue weighted by molar-refractivity contribution is -0.125. The van der Waals surface area contributed by atoms with E-state index in [0.717, 1.165) is 19.4 Å². The summed E-state index contributed by atoms with van der Waals surface area (Å²) in [4.78, 5) is 17.8. The Morgan fingerprint density at radius 2 is 2.50 bits per heavy atom. The molecule has 1 aromatic heterocycles. The number of hydrogen-bond donors (Lipinski definition) is 1. The van der Waals surface area contributed by atoms with Gasteiger partial charge in [-0.1, -0.05) is 5.16 Å². The fourth-order valence-electron chi connectivity index (χ4n) is 2.06. The summed E-state index contributed by atoms with van der Waals surface area (Å²) in [5.41, 5.74) is 0. The minimum Gasteiger partial charge on any atom is -0.358 e. The van der Waals surface area contributed by atoms with Crippen LogP contribution in [0, 0.1) is 6.92 Å². The fraction of sp³-hybridized carbons (Fsp3) is 0.700. The zero-order valence-electron chi connectivity index (χ0n) is 9.56. The zero-order chi connectivity index (χ0) is 11.5. The van der Waals surface area contributed by atoms with Crippen molar-refractivity contribution >= 4 is 5.91 Å². The van der Waals surface area contributed by atoms with E-state index in [-0.39, 0.29) is 11.9 Å². The van der Waals surface area contributed by atoms with Gasteiger partial charge in [0.05, 0.1) is 12.6 Å². The molecule has 1 aromatic rings. The van der Waals surface area contributed by atoms with Crippen molar-refractivity contribution < 1.29 is 9.32 Å². The van der Waals surface area contributed by atoms with Gasteiger partial charge in [-0.15, -0.1) is 0 Å². The molecule has 0 aliphatic carbocycles. The third-order valence-electron chi connectivity index (χ3n) is 2.82. The highest BCUT2D eigenvalue weighted by Crippen LogP contribution is 2.19. The Labute approximate surface area is 94.0 Å². The summed E-state index contributed by atoms with van der Waals surface area (Å²) in [7, 11) is 1.66. The number of aryl methyl sites for hydroxylation is 1. The molecule has 0 bridgehead atoms. The summed E-state index contributed by atoms with van der Waals surface area (Å²) < 4.78 is 5.05. The van der Waals surface area contributed by atoms with Gasteiger partial charge >= 0.3 is 0 Å². The number of hydrogen-bond acceptors (Lipinski definition) is 5. The third kappa shape index (κ3) is 2.21. The molecular formula is C10H16N4O2. The summed E-state index contributed by atoms with van der Waals surface area (Å²) in [6.07, 6.45) is 1.93. The molecular weight excluding hydrogens is 208 g/mol. The predicted molar refractivity (Wildman–Crippen MR) is 56.5 cm³/mol. The molecule has 0 spiro atoms. The van der Waals surface area contributed by atoms with E-state index in [9.17, 15) is 4.79 Å². The van der Waals surface area contributed by atoms with Crippen molar-refractivity contribution in [3.05, 3.63) is 11.7 Å². The van der Waals surface area contributed by atoms with Gasteiger partial charge in [0.15, 0.2) is 5.82 Å². The minimum absolute atomic E-state index is 0.0581. The number of carbonyl (C=O) groups is 1. The highest BCUT2D eigenvalue weighted by atomic mass is 16.5. The standard InChI is InChI=1S/C10H16N4O2/c1-7-12-9(16-13-7)6-14-5-3-4-8(14)10(15)11-2/h8H,3-6H2,1-2H3,(H,11,15)/t8-/m1/s1. The molecule has 0 unspecified atom stereocenters. The van der Waals surface area contributed by atoms with Crippen LogP contribution in [0.5, 0.6) is 0 Å². The first-order chi connectivity index (χ1) is 7.70. The second-order valence-electron chi connectivity index (χ2n) is 3.98. The summed E-state index contributed by atoms with van der Waals surface area (Å²) in [6, 6.07) is -0.0581. The van der Waals surface area contributed by atoms with Crippen molar-refractivity contribution in [2.45, 2.75) is 32.4 Å². The van der Waals surface area contributed by atoms with Crippen LogP contribution in [-0.4, -0.2) is 40.6 Å². The molecule has 1 fully saturated rings. The van der Waals surface area contributed by atoms with E-state index >= 15 is 0 Å². The van der Waals surface area contributed by atoms with Crippen LogP contribution < -0.4 is 5.32 Å². The molecule has 2 rings (SSSR count). The van der Waals surface area contributed by atoms with Gasteiger partial charge in [0.2, 0.25) is 11.8 Å². The van der Waals surface area contributed by atoms with Gasteiger partial charge in [-0.2, -0.15) is 4.98 Å². The molecule has 1 N–H and O–H groups in total. The number of aromatic nitrogens is 2. The van der Waals surface area contributed by atoms with Crippen molar-refractivity contribution in [2.24, 2.45) is 0 Å². The van der Waals surface area contributed by atoms with Crippen molar-refractivity contribution in [1.29, 1.82) is 0 Å². The molecule has 1 amide bonds. The third-order valence-corrected chi connectivity index (χ3v) is 2.82. The molecule has 6 heteroatoms. The predicted octanol–water partition coefficient (Wildman–Crippen LogP) is 0.0884. The van der Waals surface area contributed by atoms with E-state index < -0.39 is 0 Å². The van der Waals surface area contributed by atoms with E-state index in [1.54, 1.807) is 14.0 Å². The Kier molecular flexibility index (Phi) is 3.19. The molecule has 1 aliphatic rings. The molecule has 0 radical (unpaired) electrons. The molecule has 88 valence electrons. The average molecular weight is 224 g/mol. The van der Waals surface area contributed by atoms with Crippen LogP contribution in [0.4, 0.5) is 0 Å². The smallest absolute Gasteiger partial charge is 0.240 e. The van der Waals surface area contributed by atoms with Crippen molar-refractivity contribution in [2.75, 3.05) is 13.6 Å². The van der Waals surface area contributed by atoms with E-state index in [0.29, 0.717) is 18.3 Å². The first-order valence-corrected chi connectivity index (χ1v) is 5.45. The molecule has 1 aliphatic heterocycles. The molecule has 6 nitrogen and oxygen atoms in total. The van der Waals surface area contributed by atoms with Crippen LogP contribution in [0.15, 0.2) is 4.52 Å². The van der Waals surface area contributed by atoms with Gasteiger partial charge in [-0.3, -0.25) is 9.69 Å². The summed E-state index contributed by atoms with van der Waals surface area (Å²) in [5.74, 6) is 1.27. The number of amides is 1. The maximum atomic E-state index is 11.6. The van der Waals surface area contributed by atoms with Crippen LogP contribution in [0.2, 0.25) is 0 Å². The van der Waals surface area contributed by atoms with Gasteiger partial charge in [0.1, 0.15) is 0 Å². The van der Waals surface area contributed by atoms with E-state index in [4.69, 9.17) is 4.52 Å². The Balaban J connectivity index is 2.01. The number of carbonyl (C=O) groups excluding carboxylic acids is 1. The fourth-order valence-corrected chi connectivity index (χ4v) is 2.06. The van der Waals surface area contributed by atoms with E-state index in [2.05, 4.69) is 20.4 Å². The molecule has 0 aromatic carbocycles. The quantitative estimate of drug-likeness (QED) is 0.787. The Morgan fingerprint density at radius 1 is 1.69 bits per heavy atom. The molecule has 1 atom stereocenters. The van der Waals surface area contributed by atoms with Crippen molar-refractivity contribution in [1.82, 2.24) is 20.4 Å². The normalized spacial score (nSPS) is 21.2. The summed E-state index contributed by atoms with van der Waals surface area (Å²) in [6.45, 7) is 3.24. The first-order valence-electron chi connectivity index (χ1n) is 5.45. The SMILES string of the molecule is CNC(=O)[C@H]1CCCN1Cc1nc(C)no1. The highest BCUT2D eigenvalue weighted by molar-refractivity contribution is 5.81. The highest BCUT2D eigenvalue weighted by Gasteiger charge is 2.30. The lowest BCUT2D eigenvalue weighted by Crippen LogP contribution is -2.41. The van der Waals surface area contributed by atoms with Crippen LogP contribution in [0.1, 0.15) is 24.6 Å². The Bertz CT molecular complexity index is 377. The molecule has 16 heavy (non-hydrogen) atoms. The number of rotatable bonds is 3.